The minimum absolute atomic E-state index is 0. The highest BCUT2D eigenvalue weighted by molar-refractivity contribution is 5.74. The lowest BCUT2D eigenvalue weighted by Crippen LogP contribution is -1.98. The summed E-state index contributed by atoms with van der Waals surface area (Å²) in [7, 11) is 0. The summed E-state index contributed by atoms with van der Waals surface area (Å²) in [6.07, 6.45) is 0. The standard InChI is InChI=1S/C26H18F4.CH4/c1-15-3-6-17(7-4-15)18-8-10-19(11-9-18)20-13-14-22(26(30)24(20)28)21-12-5-16(2)23(27)25(21)29;/h3-14H,1-2H3;1H4. The van der Waals surface area contributed by atoms with Gasteiger partial charge in [0.15, 0.2) is 23.3 Å². The summed E-state index contributed by atoms with van der Waals surface area (Å²) in [5, 5.41) is 0. The monoisotopic (exact) mass is 422 g/mol. The van der Waals surface area contributed by atoms with Crippen molar-refractivity contribution in [1.82, 2.24) is 0 Å². The maximum atomic E-state index is 14.8. The largest absolute Gasteiger partial charge is 0.203 e. The zero-order chi connectivity index (χ0) is 21.4. The molecule has 0 atom stereocenters. The predicted molar refractivity (Wildman–Crippen MR) is 119 cm³/mol. The van der Waals surface area contributed by atoms with E-state index in [-0.39, 0.29) is 29.7 Å². The van der Waals surface area contributed by atoms with Crippen LogP contribution in [0.3, 0.4) is 0 Å². The summed E-state index contributed by atoms with van der Waals surface area (Å²) in [5.74, 6) is -4.57. The SMILES string of the molecule is C.Cc1ccc(-c2ccc(-c3ccc(-c4ccc(C)c(F)c4F)c(F)c3F)cc2)cc1. The molecule has 31 heavy (non-hydrogen) atoms. The Morgan fingerprint density at radius 2 is 0.806 bits per heavy atom. The van der Waals surface area contributed by atoms with Crippen molar-refractivity contribution in [2.24, 2.45) is 0 Å². The van der Waals surface area contributed by atoms with E-state index in [0.717, 1.165) is 16.7 Å². The lowest BCUT2D eigenvalue weighted by Gasteiger charge is -2.11. The molecule has 0 N–H and O–H groups in total. The van der Waals surface area contributed by atoms with Crippen LogP contribution in [-0.4, -0.2) is 0 Å². The molecule has 0 aromatic heterocycles. The van der Waals surface area contributed by atoms with Crippen molar-refractivity contribution in [1.29, 1.82) is 0 Å². The van der Waals surface area contributed by atoms with Crippen molar-refractivity contribution in [3.63, 3.8) is 0 Å². The Morgan fingerprint density at radius 3 is 1.39 bits per heavy atom. The van der Waals surface area contributed by atoms with E-state index >= 15 is 0 Å². The third-order valence-corrected chi connectivity index (χ3v) is 5.23. The molecule has 4 aromatic carbocycles. The van der Waals surface area contributed by atoms with Gasteiger partial charge in [0.2, 0.25) is 0 Å². The molecule has 0 saturated carbocycles. The molecular formula is C27H22F4. The van der Waals surface area contributed by atoms with Gasteiger partial charge in [-0.05, 0) is 36.1 Å². The van der Waals surface area contributed by atoms with Crippen molar-refractivity contribution in [3.8, 4) is 33.4 Å². The normalized spacial score (nSPS) is 10.6. The predicted octanol–water partition coefficient (Wildman–Crippen LogP) is 8.50. The first-order chi connectivity index (χ1) is 14.4. The van der Waals surface area contributed by atoms with Crippen LogP contribution in [0.2, 0.25) is 0 Å². The fraction of sp³-hybridized carbons (Fsp3) is 0.111. The molecule has 0 aliphatic carbocycles. The maximum Gasteiger partial charge on any atom is 0.167 e. The summed E-state index contributed by atoms with van der Waals surface area (Å²) in [4.78, 5) is 0. The molecule has 4 aromatic rings. The molecule has 4 rings (SSSR count). The van der Waals surface area contributed by atoms with Crippen molar-refractivity contribution in [2.45, 2.75) is 21.3 Å². The zero-order valence-electron chi connectivity index (χ0n) is 16.4. The topological polar surface area (TPSA) is 0 Å². The van der Waals surface area contributed by atoms with E-state index in [1.165, 1.54) is 31.2 Å². The van der Waals surface area contributed by atoms with E-state index < -0.39 is 23.3 Å². The number of hydrogen-bond donors (Lipinski definition) is 0. The van der Waals surface area contributed by atoms with E-state index in [9.17, 15) is 17.6 Å². The summed E-state index contributed by atoms with van der Waals surface area (Å²) in [6.45, 7) is 3.41. The molecule has 158 valence electrons. The molecule has 0 unspecified atom stereocenters. The first-order valence-electron chi connectivity index (χ1n) is 9.47. The Hall–Kier alpha value is -3.40. The van der Waals surface area contributed by atoms with E-state index in [1.54, 1.807) is 12.1 Å². The second-order valence-electron chi connectivity index (χ2n) is 7.29. The smallest absolute Gasteiger partial charge is 0.167 e. The summed E-state index contributed by atoms with van der Waals surface area (Å²) in [6, 6.07) is 20.3. The Morgan fingerprint density at radius 1 is 0.419 bits per heavy atom. The van der Waals surface area contributed by atoms with Crippen LogP contribution in [0, 0.1) is 37.1 Å². The van der Waals surface area contributed by atoms with Crippen LogP contribution in [0.5, 0.6) is 0 Å². The average Bonchev–Trinajstić information content (AvgIpc) is 2.75. The highest BCUT2D eigenvalue weighted by atomic mass is 19.2. The fourth-order valence-corrected chi connectivity index (χ4v) is 3.42. The molecule has 0 heterocycles. The van der Waals surface area contributed by atoms with Crippen LogP contribution in [-0.2, 0) is 0 Å². The first kappa shape index (κ1) is 22.3. The van der Waals surface area contributed by atoms with E-state index in [4.69, 9.17) is 0 Å². The van der Waals surface area contributed by atoms with Gasteiger partial charge < -0.3 is 0 Å². The van der Waals surface area contributed by atoms with Crippen molar-refractivity contribution in [3.05, 3.63) is 107 Å². The van der Waals surface area contributed by atoms with Gasteiger partial charge in [0.05, 0.1) is 0 Å². The van der Waals surface area contributed by atoms with Gasteiger partial charge in [0.1, 0.15) is 0 Å². The van der Waals surface area contributed by atoms with Gasteiger partial charge in [-0.2, -0.15) is 0 Å². The minimum atomic E-state index is -1.21. The summed E-state index contributed by atoms with van der Waals surface area (Å²) < 4.78 is 57.7. The molecule has 0 radical (unpaired) electrons. The molecule has 4 heteroatoms. The molecular weight excluding hydrogens is 400 g/mol. The highest BCUT2D eigenvalue weighted by Gasteiger charge is 2.20. The molecule has 0 saturated heterocycles. The summed E-state index contributed by atoms with van der Waals surface area (Å²) in [5.41, 5.74) is 3.14. The quantitative estimate of drug-likeness (QED) is 0.290. The van der Waals surface area contributed by atoms with Gasteiger partial charge in [-0.25, -0.2) is 17.6 Å². The molecule has 0 nitrogen and oxygen atoms in total. The summed E-state index contributed by atoms with van der Waals surface area (Å²) >= 11 is 0. The molecule has 0 amide bonds. The van der Waals surface area contributed by atoms with Crippen LogP contribution < -0.4 is 0 Å². The van der Waals surface area contributed by atoms with Crippen LogP contribution in [0.25, 0.3) is 33.4 Å². The number of benzene rings is 4. The van der Waals surface area contributed by atoms with Gasteiger partial charge in [-0.3, -0.25) is 0 Å². The molecule has 0 aliphatic heterocycles. The third kappa shape index (κ3) is 4.11. The molecule has 0 spiro atoms. The van der Waals surface area contributed by atoms with Crippen molar-refractivity contribution < 1.29 is 17.6 Å². The minimum Gasteiger partial charge on any atom is -0.203 e. The number of rotatable bonds is 3. The van der Waals surface area contributed by atoms with Crippen LogP contribution in [0.4, 0.5) is 17.6 Å². The van der Waals surface area contributed by atoms with Crippen molar-refractivity contribution >= 4 is 0 Å². The van der Waals surface area contributed by atoms with Crippen LogP contribution in [0.15, 0.2) is 72.8 Å². The second-order valence-corrected chi connectivity index (χ2v) is 7.29. The Labute approximate surface area is 179 Å². The van der Waals surface area contributed by atoms with Gasteiger partial charge in [-0.15, -0.1) is 0 Å². The highest BCUT2D eigenvalue weighted by Crippen LogP contribution is 2.34. The van der Waals surface area contributed by atoms with Gasteiger partial charge in [-0.1, -0.05) is 85.8 Å². The van der Waals surface area contributed by atoms with Gasteiger partial charge >= 0.3 is 0 Å². The van der Waals surface area contributed by atoms with Gasteiger partial charge in [0, 0.05) is 16.7 Å². The Bertz CT molecular complexity index is 1220. The first-order valence-corrected chi connectivity index (χ1v) is 9.47. The molecule has 0 aliphatic rings. The third-order valence-electron chi connectivity index (χ3n) is 5.23. The van der Waals surface area contributed by atoms with Gasteiger partial charge in [0.25, 0.3) is 0 Å². The lowest BCUT2D eigenvalue weighted by atomic mass is 9.96. The maximum absolute atomic E-state index is 14.8. The number of halogens is 4. The van der Waals surface area contributed by atoms with E-state index in [2.05, 4.69) is 0 Å². The Balaban J connectivity index is 0.00000272. The van der Waals surface area contributed by atoms with E-state index in [0.29, 0.717) is 5.56 Å². The fourth-order valence-electron chi connectivity index (χ4n) is 3.42. The van der Waals surface area contributed by atoms with Crippen LogP contribution >= 0.6 is 0 Å². The Kier molecular flexibility index (Phi) is 6.30. The lowest BCUT2D eigenvalue weighted by molar-refractivity contribution is 0.499. The second kappa shape index (κ2) is 8.76. The number of aryl methyl sites for hydroxylation is 2. The molecule has 0 bridgehead atoms. The van der Waals surface area contributed by atoms with Crippen molar-refractivity contribution in [2.75, 3.05) is 0 Å². The molecule has 0 fully saturated rings. The average molecular weight is 422 g/mol. The van der Waals surface area contributed by atoms with E-state index in [1.807, 2.05) is 43.3 Å². The number of hydrogen-bond acceptors (Lipinski definition) is 0. The van der Waals surface area contributed by atoms with Crippen LogP contribution in [0.1, 0.15) is 18.6 Å². The zero-order valence-corrected chi connectivity index (χ0v) is 16.4.